The van der Waals surface area contributed by atoms with Gasteiger partial charge in [-0.05, 0) is 6.07 Å². The van der Waals surface area contributed by atoms with Gasteiger partial charge in [0.2, 0.25) is 5.91 Å². The summed E-state index contributed by atoms with van der Waals surface area (Å²) in [7, 11) is 0. The van der Waals surface area contributed by atoms with Crippen LogP contribution < -0.4 is 11.1 Å². The number of hydrogen-bond donors (Lipinski definition) is 2. The molecule has 4 nitrogen and oxygen atoms in total. The maximum atomic E-state index is 10.6. The second kappa shape index (κ2) is 5.99. The summed E-state index contributed by atoms with van der Waals surface area (Å²) in [5.41, 5.74) is 6.68. The van der Waals surface area contributed by atoms with E-state index in [1.807, 2.05) is 0 Å². The van der Waals surface area contributed by atoms with Crippen molar-refractivity contribution in [3.8, 4) is 11.8 Å². The zero-order chi connectivity index (χ0) is 12.0. The van der Waals surface area contributed by atoms with Crippen molar-refractivity contribution in [1.29, 1.82) is 0 Å². The van der Waals surface area contributed by atoms with Crippen LogP contribution in [0.2, 0.25) is 5.15 Å². The molecular weight excluding hydrogens is 226 g/mol. The van der Waals surface area contributed by atoms with E-state index in [2.05, 4.69) is 22.1 Å². The highest BCUT2D eigenvalue weighted by Gasteiger charge is 1.97. The molecule has 1 rings (SSSR count). The number of anilines is 1. The highest BCUT2D eigenvalue weighted by molar-refractivity contribution is 6.30. The van der Waals surface area contributed by atoms with Crippen LogP contribution in [0.5, 0.6) is 0 Å². The number of nitrogens with zero attached hydrogens (tertiary/aromatic N) is 1. The van der Waals surface area contributed by atoms with Crippen LogP contribution in [0.1, 0.15) is 18.9 Å². The molecule has 0 radical (unpaired) electrons. The van der Waals surface area contributed by atoms with Crippen LogP contribution in [0.25, 0.3) is 0 Å². The quantitative estimate of drug-likeness (QED) is 0.461. The molecule has 0 saturated carbocycles. The van der Waals surface area contributed by atoms with E-state index in [4.69, 9.17) is 17.3 Å². The van der Waals surface area contributed by atoms with Crippen molar-refractivity contribution < 1.29 is 4.79 Å². The van der Waals surface area contributed by atoms with Crippen molar-refractivity contribution in [2.75, 3.05) is 12.3 Å². The van der Waals surface area contributed by atoms with Crippen molar-refractivity contribution in [3.63, 3.8) is 0 Å². The SMILES string of the molecule is CC(=O)NCCC#Cc1cc(N)cnc1Cl. The minimum atomic E-state index is -0.0644. The van der Waals surface area contributed by atoms with Crippen LogP contribution in [0, 0.1) is 11.8 Å². The first-order valence-electron chi connectivity index (χ1n) is 4.74. The minimum absolute atomic E-state index is 0.0644. The van der Waals surface area contributed by atoms with E-state index in [9.17, 15) is 4.79 Å². The molecule has 3 N–H and O–H groups in total. The van der Waals surface area contributed by atoms with E-state index in [1.54, 1.807) is 6.07 Å². The number of rotatable bonds is 2. The largest absolute Gasteiger partial charge is 0.397 e. The molecule has 0 aromatic carbocycles. The number of amides is 1. The summed E-state index contributed by atoms with van der Waals surface area (Å²) >= 11 is 5.82. The molecule has 1 aromatic heterocycles. The fourth-order valence-electron chi connectivity index (χ4n) is 1.01. The van der Waals surface area contributed by atoms with Crippen LogP contribution in [-0.4, -0.2) is 17.4 Å². The summed E-state index contributed by atoms with van der Waals surface area (Å²) in [5, 5.41) is 2.98. The smallest absolute Gasteiger partial charge is 0.216 e. The summed E-state index contributed by atoms with van der Waals surface area (Å²) in [6.07, 6.45) is 2.04. The third-order valence-electron chi connectivity index (χ3n) is 1.71. The summed E-state index contributed by atoms with van der Waals surface area (Å²) in [6.45, 7) is 1.99. The Bertz CT molecular complexity index is 448. The molecule has 84 valence electrons. The Morgan fingerprint density at radius 2 is 2.44 bits per heavy atom. The molecule has 1 amide bonds. The molecule has 0 saturated heterocycles. The van der Waals surface area contributed by atoms with Gasteiger partial charge in [-0.15, -0.1) is 0 Å². The molecule has 1 aromatic rings. The van der Waals surface area contributed by atoms with E-state index in [0.29, 0.717) is 29.4 Å². The van der Waals surface area contributed by atoms with Gasteiger partial charge in [0.1, 0.15) is 5.15 Å². The average Bonchev–Trinajstić information content (AvgIpc) is 2.22. The predicted molar refractivity (Wildman–Crippen MR) is 63.8 cm³/mol. The van der Waals surface area contributed by atoms with Crippen LogP contribution in [0.3, 0.4) is 0 Å². The van der Waals surface area contributed by atoms with E-state index < -0.39 is 0 Å². The fourth-order valence-corrected chi connectivity index (χ4v) is 1.16. The molecule has 0 fully saturated rings. The lowest BCUT2D eigenvalue weighted by Gasteiger charge is -1.97. The Morgan fingerprint density at radius 1 is 1.69 bits per heavy atom. The Balaban J connectivity index is 2.56. The molecule has 0 atom stereocenters. The minimum Gasteiger partial charge on any atom is -0.397 e. The van der Waals surface area contributed by atoms with Crippen LogP contribution in [-0.2, 0) is 4.79 Å². The molecule has 5 heteroatoms. The fraction of sp³-hybridized carbons (Fsp3) is 0.273. The van der Waals surface area contributed by atoms with Gasteiger partial charge >= 0.3 is 0 Å². The topological polar surface area (TPSA) is 68.0 Å². The molecule has 1 heterocycles. The zero-order valence-corrected chi connectivity index (χ0v) is 9.64. The number of hydrogen-bond acceptors (Lipinski definition) is 3. The van der Waals surface area contributed by atoms with Crippen LogP contribution >= 0.6 is 11.6 Å². The van der Waals surface area contributed by atoms with Crippen molar-refractivity contribution in [1.82, 2.24) is 10.3 Å². The van der Waals surface area contributed by atoms with Crippen molar-refractivity contribution in [3.05, 3.63) is 23.0 Å². The summed E-state index contributed by atoms with van der Waals surface area (Å²) in [5.74, 6) is 5.67. The van der Waals surface area contributed by atoms with Crippen molar-refractivity contribution in [2.24, 2.45) is 0 Å². The first kappa shape index (κ1) is 12.3. The molecule has 0 aliphatic carbocycles. The number of halogens is 1. The highest BCUT2D eigenvalue weighted by Crippen LogP contribution is 2.13. The van der Waals surface area contributed by atoms with Gasteiger partial charge in [0.25, 0.3) is 0 Å². The first-order valence-corrected chi connectivity index (χ1v) is 5.11. The molecule has 0 spiro atoms. The lowest BCUT2D eigenvalue weighted by atomic mass is 10.2. The van der Waals surface area contributed by atoms with E-state index >= 15 is 0 Å². The molecule has 0 bridgehead atoms. The van der Waals surface area contributed by atoms with E-state index in [-0.39, 0.29) is 5.91 Å². The summed E-state index contributed by atoms with van der Waals surface area (Å²) in [6, 6.07) is 1.67. The van der Waals surface area contributed by atoms with E-state index in [0.717, 1.165) is 0 Å². The van der Waals surface area contributed by atoms with Gasteiger partial charge in [-0.2, -0.15) is 0 Å². The number of carbonyl (C=O) groups is 1. The number of nitrogens with one attached hydrogen (secondary N) is 1. The van der Waals surface area contributed by atoms with Gasteiger partial charge in [-0.3, -0.25) is 4.79 Å². The third kappa shape index (κ3) is 4.20. The van der Waals surface area contributed by atoms with Gasteiger partial charge in [0.15, 0.2) is 0 Å². The second-order valence-corrected chi connectivity index (χ2v) is 3.50. The summed E-state index contributed by atoms with van der Waals surface area (Å²) < 4.78 is 0. The second-order valence-electron chi connectivity index (χ2n) is 3.14. The molecular formula is C11H12ClN3O. The Morgan fingerprint density at radius 3 is 3.12 bits per heavy atom. The number of nitrogens with two attached hydrogens (primary N) is 1. The standard InChI is InChI=1S/C11H12ClN3O/c1-8(16)14-5-3-2-4-9-6-10(13)7-15-11(9)12/h6-7H,3,5,13H2,1H3,(H,14,16). The molecule has 0 aliphatic heterocycles. The average molecular weight is 238 g/mol. The lowest BCUT2D eigenvalue weighted by molar-refractivity contribution is -0.118. The molecule has 16 heavy (non-hydrogen) atoms. The molecule has 0 aliphatic rings. The Labute approximate surface area is 99.2 Å². The van der Waals surface area contributed by atoms with Gasteiger partial charge in [-0.1, -0.05) is 23.4 Å². The highest BCUT2D eigenvalue weighted by atomic mass is 35.5. The predicted octanol–water partition coefficient (Wildman–Crippen LogP) is 1.19. The van der Waals surface area contributed by atoms with Crippen LogP contribution in [0.15, 0.2) is 12.3 Å². The third-order valence-corrected chi connectivity index (χ3v) is 2.01. The number of nitrogen functional groups attached to an aromatic ring is 1. The maximum Gasteiger partial charge on any atom is 0.216 e. The normalized spacial score (nSPS) is 9.12. The number of carbonyl (C=O) groups excluding carboxylic acids is 1. The van der Waals surface area contributed by atoms with Crippen molar-refractivity contribution in [2.45, 2.75) is 13.3 Å². The first-order chi connectivity index (χ1) is 7.59. The maximum absolute atomic E-state index is 10.6. The van der Waals surface area contributed by atoms with E-state index in [1.165, 1.54) is 13.1 Å². The Hall–Kier alpha value is -1.73. The monoisotopic (exact) mass is 237 g/mol. The lowest BCUT2D eigenvalue weighted by Crippen LogP contribution is -2.20. The molecule has 0 unspecified atom stereocenters. The van der Waals surface area contributed by atoms with Gasteiger partial charge in [0, 0.05) is 19.9 Å². The van der Waals surface area contributed by atoms with Crippen LogP contribution in [0.4, 0.5) is 5.69 Å². The number of pyridine rings is 1. The number of aromatic nitrogens is 1. The zero-order valence-electron chi connectivity index (χ0n) is 8.88. The summed E-state index contributed by atoms with van der Waals surface area (Å²) in [4.78, 5) is 14.4. The van der Waals surface area contributed by atoms with Gasteiger partial charge in [-0.25, -0.2) is 4.98 Å². The van der Waals surface area contributed by atoms with Gasteiger partial charge in [0.05, 0.1) is 17.4 Å². The van der Waals surface area contributed by atoms with Gasteiger partial charge < -0.3 is 11.1 Å². The van der Waals surface area contributed by atoms with Crippen molar-refractivity contribution >= 4 is 23.2 Å². The Kier molecular flexibility index (Phi) is 4.62.